The summed E-state index contributed by atoms with van der Waals surface area (Å²) in [7, 11) is 0. The molecule has 0 aliphatic rings. The molecule has 0 amide bonds. The van der Waals surface area contributed by atoms with Gasteiger partial charge in [0.1, 0.15) is 0 Å². The third kappa shape index (κ3) is 9.02. The summed E-state index contributed by atoms with van der Waals surface area (Å²) in [6.07, 6.45) is 9.03. The minimum atomic E-state index is 0.949. The highest BCUT2D eigenvalue weighted by molar-refractivity contribution is 6.01. The Hall–Kier alpha value is -8.32. The van der Waals surface area contributed by atoms with Gasteiger partial charge in [-0.15, -0.1) is 0 Å². The number of rotatable bonds is 10. The van der Waals surface area contributed by atoms with E-state index in [1.807, 2.05) is 0 Å². The van der Waals surface area contributed by atoms with Gasteiger partial charge in [0.05, 0.1) is 0 Å². The second-order valence-electron chi connectivity index (χ2n) is 19.7. The maximum absolute atomic E-state index is 2.47. The van der Waals surface area contributed by atoms with E-state index in [2.05, 4.69) is 272 Å². The number of fused-ring (bicyclic) bond motifs is 5. The van der Waals surface area contributed by atoms with E-state index >= 15 is 0 Å². The Morgan fingerprint density at radius 3 is 1.44 bits per heavy atom. The van der Waals surface area contributed by atoms with Crippen LogP contribution in [0.15, 0.2) is 230 Å². The fraction of sp³-hybridized carbons (Fsp3) is 0.111. The van der Waals surface area contributed by atoms with Crippen molar-refractivity contribution in [3.8, 4) is 22.3 Å². The second-order valence-corrected chi connectivity index (χ2v) is 19.7. The first kappa shape index (κ1) is 46.1. The first-order chi connectivity index (χ1) is 35.2. The highest BCUT2D eigenvalue weighted by Crippen LogP contribution is 2.38. The van der Waals surface area contributed by atoms with Crippen LogP contribution >= 0.6 is 0 Å². The van der Waals surface area contributed by atoms with E-state index in [9.17, 15) is 0 Å². The topological polar surface area (TPSA) is 0 Å². The van der Waals surface area contributed by atoms with E-state index in [1.165, 1.54) is 142 Å². The normalized spacial score (nSPS) is 13.4. The lowest BCUT2D eigenvalue weighted by Gasteiger charge is -2.18. The molecule has 72 heavy (non-hydrogen) atoms. The lowest BCUT2D eigenvalue weighted by atomic mass is 9.86. The zero-order valence-corrected chi connectivity index (χ0v) is 42.4. The van der Waals surface area contributed by atoms with E-state index in [4.69, 9.17) is 0 Å². The van der Waals surface area contributed by atoms with Crippen LogP contribution in [0, 0.1) is 6.92 Å². The average molecular weight is 925 g/mol. The molecule has 348 valence electrons. The summed E-state index contributed by atoms with van der Waals surface area (Å²) in [4.78, 5) is 0. The van der Waals surface area contributed by atoms with E-state index < -0.39 is 0 Å². The molecule has 11 rings (SSSR count). The zero-order chi connectivity index (χ0) is 49.3. The van der Waals surface area contributed by atoms with Crippen molar-refractivity contribution in [2.45, 2.75) is 54.4 Å². The maximum atomic E-state index is 2.47. The van der Waals surface area contributed by atoms with Crippen molar-refractivity contribution >= 4 is 82.2 Å². The number of benzene rings is 11. The quantitative estimate of drug-likeness (QED) is 0.120. The Bertz CT molecular complexity index is 4130. The van der Waals surface area contributed by atoms with Crippen LogP contribution in [0.5, 0.6) is 0 Å². The van der Waals surface area contributed by atoms with Gasteiger partial charge in [-0.25, -0.2) is 0 Å². The molecule has 11 aromatic rings. The molecule has 0 saturated heterocycles. The molecular formula is C72H60. The molecule has 0 N–H and O–H groups in total. The van der Waals surface area contributed by atoms with E-state index in [-0.39, 0.29) is 0 Å². The smallest absolute Gasteiger partial charge is 0.00998 e. The standard InChI is InChI=1S/C72H60/c1-7-47(3)68(46-70(66-38-27-54-17-11-14-20-61(54)43-66)67-40-39-56-31-36-64(44-69(56)50(67)6)62-34-25-52-15-9-12-18-59(52)41-62)55-28-23-51(24-29-55)49(5)21-22-58-33-30-57-32-37-65(45-71(57)72(58)48(4)8-2)63-35-26-53-16-10-13-19-60(53)42-63/h9-46H,7-8H2,1-6H3/b49-21+,58-22-,68-47+,70-46-,72-48-. The van der Waals surface area contributed by atoms with Crippen LogP contribution < -0.4 is 10.4 Å². The van der Waals surface area contributed by atoms with Crippen LogP contribution in [0.25, 0.3) is 104 Å². The third-order valence-electron chi connectivity index (χ3n) is 15.3. The van der Waals surface area contributed by atoms with Crippen LogP contribution in [-0.4, -0.2) is 0 Å². The SMILES string of the molecule is CC/C(C)=C(\C=C(\c1ccc2ccccc2c1)c1ccc2ccc(-c3ccc4ccccc4c3)cc2c1C)c1ccc(/C(C)=C/C=c2/ccc3ccc(-c4ccc5ccccc5c4)cc3/c2=C(/C)CC)cc1. The van der Waals surface area contributed by atoms with Gasteiger partial charge in [-0.3, -0.25) is 0 Å². The van der Waals surface area contributed by atoms with Gasteiger partial charge in [-0.05, 0) is 208 Å². The predicted molar refractivity (Wildman–Crippen MR) is 316 cm³/mol. The largest absolute Gasteiger partial charge is 0.0657 e. The van der Waals surface area contributed by atoms with E-state index in [1.54, 1.807) is 0 Å². The molecule has 0 radical (unpaired) electrons. The van der Waals surface area contributed by atoms with Crippen LogP contribution in [0.4, 0.5) is 0 Å². The van der Waals surface area contributed by atoms with Crippen molar-refractivity contribution in [2.75, 3.05) is 0 Å². The van der Waals surface area contributed by atoms with Crippen LogP contribution in [0.3, 0.4) is 0 Å². The molecule has 0 heterocycles. The van der Waals surface area contributed by atoms with Gasteiger partial charge >= 0.3 is 0 Å². The molecular weight excluding hydrogens is 865 g/mol. The summed E-state index contributed by atoms with van der Waals surface area (Å²) in [6.45, 7) is 13.7. The predicted octanol–water partition coefficient (Wildman–Crippen LogP) is 18.9. The summed E-state index contributed by atoms with van der Waals surface area (Å²) >= 11 is 0. The molecule has 0 saturated carbocycles. The van der Waals surface area contributed by atoms with Crippen molar-refractivity contribution in [3.05, 3.63) is 268 Å². The monoisotopic (exact) mass is 924 g/mol. The third-order valence-corrected chi connectivity index (χ3v) is 15.3. The van der Waals surface area contributed by atoms with Crippen molar-refractivity contribution in [1.82, 2.24) is 0 Å². The minimum Gasteiger partial charge on any atom is -0.0657 e. The highest BCUT2D eigenvalue weighted by Gasteiger charge is 2.16. The molecule has 0 aliphatic carbocycles. The molecule has 11 aromatic carbocycles. The Morgan fingerprint density at radius 1 is 0.403 bits per heavy atom. The van der Waals surface area contributed by atoms with Crippen molar-refractivity contribution in [3.63, 3.8) is 0 Å². The van der Waals surface area contributed by atoms with Gasteiger partial charge in [0, 0.05) is 0 Å². The molecule has 0 fully saturated rings. The Labute approximate surface area is 425 Å². The molecule has 0 spiro atoms. The fourth-order valence-corrected chi connectivity index (χ4v) is 10.7. The molecule has 0 aromatic heterocycles. The number of aryl methyl sites for hydroxylation is 1. The van der Waals surface area contributed by atoms with Gasteiger partial charge < -0.3 is 0 Å². The van der Waals surface area contributed by atoms with Gasteiger partial charge in [0.2, 0.25) is 0 Å². The Balaban J connectivity index is 0.975. The molecule has 0 bridgehead atoms. The van der Waals surface area contributed by atoms with Gasteiger partial charge in [0.15, 0.2) is 0 Å². The summed E-state index contributed by atoms with van der Waals surface area (Å²) in [5.41, 5.74) is 17.6. The van der Waals surface area contributed by atoms with Gasteiger partial charge in [0.25, 0.3) is 0 Å². The lowest BCUT2D eigenvalue weighted by molar-refractivity contribution is 1.10. The molecule has 0 atom stereocenters. The number of hydrogen-bond acceptors (Lipinski definition) is 0. The first-order valence-corrected chi connectivity index (χ1v) is 25.7. The van der Waals surface area contributed by atoms with Crippen LogP contribution in [0.1, 0.15) is 75.3 Å². The van der Waals surface area contributed by atoms with Crippen molar-refractivity contribution in [1.29, 1.82) is 0 Å². The van der Waals surface area contributed by atoms with Crippen molar-refractivity contribution in [2.24, 2.45) is 0 Å². The highest BCUT2D eigenvalue weighted by atomic mass is 14.2. The van der Waals surface area contributed by atoms with Crippen LogP contribution in [0.2, 0.25) is 0 Å². The molecule has 0 heteroatoms. The van der Waals surface area contributed by atoms with Gasteiger partial charge in [-0.2, -0.15) is 0 Å². The average Bonchev–Trinajstić information content (AvgIpc) is 3.44. The maximum Gasteiger partial charge on any atom is -0.00998 e. The van der Waals surface area contributed by atoms with Crippen molar-refractivity contribution < 1.29 is 0 Å². The summed E-state index contributed by atoms with van der Waals surface area (Å²) in [5, 5.41) is 15.2. The molecule has 0 nitrogen and oxygen atoms in total. The minimum absolute atomic E-state index is 0.949. The summed E-state index contributed by atoms with van der Waals surface area (Å²) < 4.78 is 0. The fourth-order valence-electron chi connectivity index (χ4n) is 10.7. The Morgan fingerprint density at radius 2 is 0.861 bits per heavy atom. The number of allylic oxidation sites excluding steroid dienone is 5. The lowest BCUT2D eigenvalue weighted by Crippen LogP contribution is -2.27. The first-order valence-electron chi connectivity index (χ1n) is 25.7. The van der Waals surface area contributed by atoms with E-state index in [0.717, 1.165) is 12.8 Å². The van der Waals surface area contributed by atoms with Gasteiger partial charge in [-0.1, -0.05) is 219 Å². The number of hydrogen-bond donors (Lipinski definition) is 0. The zero-order valence-electron chi connectivity index (χ0n) is 42.4. The van der Waals surface area contributed by atoms with Crippen LogP contribution in [-0.2, 0) is 0 Å². The summed E-state index contributed by atoms with van der Waals surface area (Å²) in [6, 6.07) is 78.9. The summed E-state index contributed by atoms with van der Waals surface area (Å²) in [5.74, 6) is 0. The second kappa shape index (κ2) is 19.8. The Kier molecular flexibility index (Phi) is 12.7. The molecule has 0 aliphatic heterocycles. The van der Waals surface area contributed by atoms with E-state index in [0.29, 0.717) is 0 Å². The molecule has 0 unspecified atom stereocenters.